The maximum absolute atomic E-state index is 14.0. The monoisotopic (exact) mass is 372 g/mol. The Morgan fingerprint density at radius 1 is 1.12 bits per heavy atom. The molecule has 0 aromatic heterocycles. The lowest BCUT2D eigenvalue weighted by Gasteiger charge is -2.20. The van der Waals surface area contributed by atoms with Gasteiger partial charge < -0.3 is 10.2 Å². The fraction of sp³-hybridized carbons (Fsp3) is 0.300. The van der Waals surface area contributed by atoms with Crippen LogP contribution in [0.1, 0.15) is 34.5 Å². The second kappa shape index (κ2) is 8.36. The Kier molecular flexibility index (Phi) is 5.93. The number of anilines is 1. The minimum absolute atomic E-state index is 0.0332. The van der Waals surface area contributed by atoms with Gasteiger partial charge in [0, 0.05) is 47.8 Å². The van der Waals surface area contributed by atoms with E-state index in [1.54, 1.807) is 42.1 Å². The molecule has 0 spiro atoms. The Labute approximate surface area is 156 Å². The first-order valence-corrected chi connectivity index (χ1v) is 9.62. The minimum atomic E-state index is -0.182. The molecule has 3 rings (SSSR count). The highest BCUT2D eigenvalue weighted by molar-refractivity contribution is 7.99. The second-order valence-electron chi connectivity index (χ2n) is 6.22. The van der Waals surface area contributed by atoms with Crippen LogP contribution in [0.5, 0.6) is 0 Å². The topological polar surface area (TPSA) is 49.4 Å². The van der Waals surface area contributed by atoms with Crippen molar-refractivity contribution in [3.05, 3.63) is 65.5 Å². The van der Waals surface area contributed by atoms with Crippen LogP contribution in [-0.4, -0.2) is 35.6 Å². The van der Waals surface area contributed by atoms with E-state index < -0.39 is 0 Å². The van der Waals surface area contributed by atoms with Crippen molar-refractivity contribution in [1.82, 2.24) is 4.90 Å². The quantitative estimate of drug-likeness (QED) is 0.882. The first-order chi connectivity index (χ1) is 12.5. The lowest BCUT2D eigenvalue weighted by atomic mass is 10.1. The number of halogens is 1. The summed E-state index contributed by atoms with van der Waals surface area (Å²) >= 11 is 1.70. The molecule has 0 saturated carbocycles. The average molecular weight is 372 g/mol. The van der Waals surface area contributed by atoms with Crippen molar-refractivity contribution >= 4 is 29.3 Å². The van der Waals surface area contributed by atoms with Crippen LogP contribution in [0.3, 0.4) is 0 Å². The Bertz CT molecular complexity index is 795. The van der Waals surface area contributed by atoms with E-state index >= 15 is 0 Å². The van der Waals surface area contributed by atoms with E-state index in [0.717, 1.165) is 12.2 Å². The number of rotatable bonds is 3. The van der Waals surface area contributed by atoms with Crippen molar-refractivity contribution in [2.24, 2.45) is 0 Å². The lowest BCUT2D eigenvalue weighted by molar-refractivity contribution is -0.114. The molecule has 4 nitrogen and oxygen atoms in total. The zero-order valence-corrected chi connectivity index (χ0v) is 15.4. The third-order valence-corrected chi connectivity index (χ3v) is 5.64. The number of nitrogens with one attached hydrogen (secondary N) is 1. The van der Waals surface area contributed by atoms with E-state index in [2.05, 4.69) is 5.32 Å². The number of nitrogens with zero attached hydrogens (tertiary/aromatic N) is 1. The highest BCUT2D eigenvalue weighted by Crippen LogP contribution is 2.35. The third kappa shape index (κ3) is 4.43. The first-order valence-electron chi connectivity index (χ1n) is 8.57. The van der Waals surface area contributed by atoms with Gasteiger partial charge in [0.2, 0.25) is 5.91 Å². The summed E-state index contributed by atoms with van der Waals surface area (Å²) in [6, 6.07) is 13.8. The van der Waals surface area contributed by atoms with Crippen LogP contribution in [0.25, 0.3) is 0 Å². The van der Waals surface area contributed by atoms with Gasteiger partial charge in [-0.05, 0) is 36.8 Å². The predicted molar refractivity (Wildman–Crippen MR) is 103 cm³/mol. The number of benzene rings is 2. The molecule has 136 valence electrons. The molecule has 2 aromatic rings. The van der Waals surface area contributed by atoms with Crippen LogP contribution in [0, 0.1) is 5.82 Å². The van der Waals surface area contributed by atoms with E-state index in [4.69, 9.17) is 0 Å². The van der Waals surface area contributed by atoms with Gasteiger partial charge in [-0.15, -0.1) is 0 Å². The van der Waals surface area contributed by atoms with Crippen molar-refractivity contribution in [1.29, 1.82) is 0 Å². The number of hydrogen-bond acceptors (Lipinski definition) is 3. The van der Waals surface area contributed by atoms with Gasteiger partial charge in [0.15, 0.2) is 0 Å². The Morgan fingerprint density at radius 2 is 1.85 bits per heavy atom. The van der Waals surface area contributed by atoms with Crippen LogP contribution >= 0.6 is 11.8 Å². The normalized spacial score (nSPS) is 17.5. The van der Waals surface area contributed by atoms with Gasteiger partial charge in [0.25, 0.3) is 5.91 Å². The maximum Gasteiger partial charge on any atom is 0.253 e. The van der Waals surface area contributed by atoms with E-state index in [9.17, 15) is 14.0 Å². The largest absolute Gasteiger partial charge is 0.338 e. The summed E-state index contributed by atoms with van der Waals surface area (Å²) in [5.74, 6) is 0.412. The molecule has 1 N–H and O–H groups in total. The number of carbonyl (C=O) groups is 2. The summed E-state index contributed by atoms with van der Waals surface area (Å²) in [6.45, 7) is 2.68. The van der Waals surface area contributed by atoms with Gasteiger partial charge in [-0.2, -0.15) is 11.8 Å². The summed E-state index contributed by atoms with van der Waals surface area (Å²) in [5, 5.41) is 2.75. The summed E-state index contributed by atoms with van der Waals surface area (Å²) in [6.07, 6.45) is 0.724. The molecule has 6 heteroatoms. The van der Waals surface area contributed by atoms with E-state index in [-0.39, 0.29) is 22.9 Å². The molecule has 1 aliphatic heterocycles. The molecular weight excluding hydrogens is 351 g/mol. The summed E-state index contributed by atoms with van der Waals surface area (Å²) in [7, 11) is 0. The van der Waals surface area contributed by atoms with Crippen LogP contribution in [0.15, 0.2) is 48.5 Å². The maximum atomic E-state index is 14.0. The number of hydrogen-bond donors (Lipinski definition) is 1. The van der Waals surface area contributed by atoms with Gasteiger partial charge in [-0.3, -0.25) is 9.59 Å². The number of amides is 2. The fourth-order valence-corrected chi connectivity index (χ4v) is 4.29. The highest BCUT2D eigenvalue weighted by atomic mass is 32.2. The highest BCUT2D eigenvalue weighted by Gasteiger charge is 2.24. The second-order valence-corrected chi connectivity index (χ2v) is 7.53. The SMILES string of the molecule is CC(=O)Nc1ccc(C(=O)N2CCSC(c3ccccc3F)CC2)cc1. The van der Waals surface area contributed by atoms with Crippen LogP contribution < -0.4 is 5.32 Å². The van der Waals surface area contributed by atoms with Crippen LogP contribution in [-0.2, 0) is 4.79 Å². The lowest BCUT2D eigenvalue weighted by Crippen LogP contribution is -2.32. The van der Waals surface area contributed by atoms with Gasteiger partial charge in [0.05, 0.1) is 0 Å². The molecule has 2 amide bonds. The van der Waals surface area contributed by atoms with E-state index in [1.807, 2.05) is 17.0 Å². The van der Waals surface area contributed by atoms with Crippen molar-refractivity contribution in [2.75, 3.05) is 24.2 Å². The van der Waals surface area contributed by atoms with Gasteiger partial charge in [-0.25, -0.2) is 4.39 Å². The van der Waals surface area contributed by atoms with Crippen LogP contribution in [0.2, 0.25) is 0 Å². The summed E-state index contributed by atoms with van der Waals surface area (Å²) in [4.78, 5) is 25.6. The van der Waals surface area contributed by atoms with Crippen molar-refractivity contribution in [3.8, 4) is 0 Å². The summed E-state index contributed by atoms with van der Waals surface area (Å²) in [5.41, 5.74) is 1.97. The van der Waals surface area contributed by atoms with Crippen LogP contribution in [0.4, 0.5) is 10.1 Å². The fourth-order valence-electron chi connectivity index (χ4n) is 3.04. The zero-order valence-electron chi connectivity index (χ0n) is 14.6. The molecule has 1 fully saturated rings. The number of thioether (sulfide) groups is 1. The molecule has 0 bridgehead atoms. The molecule has 0 aliphatic carbocycles. The van der Waals surface area contributed by atoms with Crippen molar-refractivity contribution in [3.63, 3.8) is 0 Å². The average Bonchev–Trinajstić information content (AvgIpc) is 2.88. The molecule has 1 saturated heterocycles. The summed E-state index contributed by atoms with van der Waals surface area (Å²) < 4.78 is 14.0. The molecular formula is C20H21FN2O2S. The van der Waals surface area contributed by atoms with Gasteiger partial charge in [-0.1, -0.05) is 18.2 Å². The molecule has 1 unspecified atom stereocenters. The third-order valence-electron chi connectivity index (χ3n) is 4.33. The smallest absolute Gasteiger partial charge is 0.253 e. The predicted octanol–water partition coefficient (Wildman–Crippen LogP) is 4.10. The number of carbonyl (C=O) groups excluding carboxylic acids is 2. The van der Waals surface area contributed by atoms with E-state index in [0.29, 0.717) is 29.9 Å². The first kappa shape index (κ1) is 18.5. The molecule has 2 aromatic carbocycles. The van der Waals surface area contributed by atoms with Gasteiger partial charge >= 0.3 is 0 Å². The molecule has 1 aliphatic rings. The molecule has 1 heterocycles. The van der Waals surface area contributed by atoms with E-state index in [1.165, 1.54) is 13.0 Å². The molecule has 1 atom stereocenters. The standard InChI is InChI=1S/C20H21FN2O2S/c1-14(24)22-16-8-6-15(7-9-16)20(25)23-11-10-19(26-13-12-23)17-4-2-3-5-18(17)21/h2-9,19H,10-13H2,1H3,(H,22,24). The zero-order chi connectivity index (χ0) is 18.5. The van der Waals surface area contributed by atoms with Gasteiger partial charge in [0.1, 0.15) is 5.82 Å². The Hall–Kier alpha value is -2.34. The van der Waals surface area contributed by atoms with Crippen molar-refractivity contribution < 1.29 is 14.0 Å². The molecule has 26 heavy (non-hydrogen) atoms. The van der Waals surface area contributed by atoms with Crippen molar-refractivity contribution in [2.45, 2.75) is 18.6 Å². The molecule has 0 radical (unpaired) electrons. The minimum Gasteiger partial charge on any atom is -0.338 e. The Balaban J connectivity index is 1.66. The Morgan fingerprint density at radius 3 is 2.54 bits per heavy atom.